The van der Waals surface area contributed by atoms with E-state index in [0.29, 0.717) is 4.99 Å². The third-order valence-corrected chi connectivity index (χ3v) is 3.29. The summed E-state index contributed by atoms with van der Waals surface area (Å²) in [5, 5.41) is 7.80. The Hall–Kier alpha value is -1.95. The van der Waals surface area contributed by atoms with Gasteiger partial charge < -0.3 is 11.1 Å². The molecular formula is C14H19N5S. The average Bonchev–Trinajstić information content (AvgIpc) is 2.67. The third-order valence-electron chi connectivity index (χ3n) is 3.08. The van der Waals surface area contributed by atoms with Crippen molar-refractivity contribution >= 4 is 28.6 Å². The topological polar surface area (TPSA) is 68.8 Å². The van der Waals surface area contributed by atoms with Gasteiger partial charge >= 0.3 is 0 Å². The van der Waals surface area contributed by atoms with Crippen LogP contribution in [0.25, 0.3) is 0 Å². The molecule has 0 aliphatic rings. The van der Waals surface area contributed by atoms with E-state index in [1.165, 1.54) is 0 Å². The molecule has 0 spiro atoms. The van der Waals surface area contributed by atoms with Gasteiger partial charge in [-0.25, -0.2) is 0 Å². The highest BCUT2D eigenvalue weighted by atomic mass is 32.1. The van der Waals surface area contributed by atoms with Gasteiger partial charge in [0.05, 0.1) is 22.6 Å². The van der Waals surface area contributed by atoms with Crippen LogP contribution in [0.1, 0.15) is 29.6 Å². The first kappa shape index (κ1) is 14.5. The zero-order valence-electron chi connectivity index (χ0n) is 12.2. The smallest absolute Gasteiger partial charge is 0.107 e. The van der Waals surface area contributed by atoms with Crippen molar-refractivity contribution in [3.05, 3.63) is 34.9 Å². The molecule has 2 rings (SSSR count). The second kappa shape index (κ2) is 5.58. The van der Waals surface area contributed by atoms with Crippen molar-refractivity contribution in [3.8, 4) is 0 Å². The van der Waals surface area contributed by atoms with Crippen LogP contribution in [0, 0.1) is 13.8 Å². The fourth-order valence-electron chi connectivity index (χ4n) is 2.28. The van der Waals surface area contributed by atoms with Crippen molar-refractivity contribution in [2.24, 2.45) is 12.8 Å². The molecule has 0 unspecified atom stereocenters. The molecule has 0 radical (unpaired) electrons. The van der Waals surface area contributed by atoms with Gasteiger partial charge in [-0.05, 0) is 26.3 Å². The van der Waals surface area contributed by atoms with Gasteiger partial charge in [0.1, 0.15) is 4.99 Å². The van der Waals surface area contributed by atoms with Crippen molar-refractivity contribution < 1.29 is 0 Å². The highest BCUT2D eigenvalue weighted by Crippen LogP contribution is 2.25. The Morgan fingerprint density at radius 3 is 2.70 bits per heavy atom. The zero-order chi connectivity index (χ0) is 14.9. The number of aromatic nitrogens is 3. The maximum atomic E-state index is 5.83. The fraction of sp³-hybridized carbons (Fsp3) is 0.357. The predicted octanol–water partition coefficient (Wildman–Crippen LogP) is 2.37. The van der Waals surface area contributed by atoms with Crippen LogP contribution in [0.4, 0.5) is 11.4 Å². The number of hydrogen-bond acceptors (Lipinski definition) is 4. The number of nitrogens with zero attached hydrogens (tertiary/aromatic N) is 3. The first-order valence-electron chi connectivity index (χ1n) is 6.50. The molecule has 0 saturated heterocycles. The van der Waals surface area contributed by atoms with E-state index in [-0.39, 0.29) is 0 Å². The van der Waals surface area contributed by atoms with E-state index < -0.39 is 0 Å². The van der Waals surface area contributed by atoms with Crippen LogP contribution in [0.15, 0.2) is 12.3 Å². The van der Waals surface area contributed by atoms with Crippen molar-refractivity contribution in [2.75, 3.05) is 5.32 Å². The van der Waals surface area contributed by atoms with E-state index in [1.807, 2.05) is 33.2 Å². The van der Waals surface area contributed by atoms with Crippen molar-refractivity contribution in [2.45, 2.75) is 27.2 Å². The van der Waals surface area contributed by atoms with Crippen molar-refractivity contribution in [3.63, 3.8) is 0 Å². The van der Waals surface area contributed by atoms with Crippen LogP contribution in [-0.4, -0.2) is 19.8 Å². The van der Waals surface area contributed by atoms with E-state index in [2.05, 4.69) is 22.3 Å². The molecule has 5 nitrogen and oxygen atoms in total. The standard InChI is InChI=1S/C14H19N5S/c1-5-10-12(7-19(4)18-10)17-11-6-8(2)16-9(3)13(11)14(15)20/h6-7H,5H2,1-4H3,(H2,15,20)(H,16,17). The summed E-state index contributed by atoms with van der Waals surface area (Å²) in [5.41, 5.74) is 11.2. The zero-order valence-corrected chi connectivity index (χ0v) is 13.0. The molecule has 0 aliphatic heterocycles. The fourth-order valence-corrected chi connectivity index (χ4v) is 2.54. The number of thiocarbonyl (C=S) groups is 1. The number of anilines is 2. The minimum absolute atomic E-state index is 0.347. The molecule has 2 aromatic rings. The number of nitrogens with one attached hydrogen (secondary N) is 1. The Labute approximate surface area is 124 Å². The van der Waals surface area contributed by atoms with Crippen LogP contribution in [-0.2, 0) is 13.5 Å². The first-order chi connectivity index (χ1) is 9.42. The molecule has 2 heterocycles. The Balaban J connectivity index is 2.49. The summed E-state index contributed by atoms with van der Waals surface area (Å²) in [6.07, 6.45) is 2.81. The normalized spacial score (nSPS) is 10.6. The van der Waals surface area contributed by atoms with Crippen molar-refractivity contribution in [1.82, 2.24) is 14.8 Å². The Morgan fingerprint density at radius 1 is 1.40 bits per heavy atom. The lowest BCUT2D eigenvalue weighted by atomic mass is 10.1. The van der Waals surface area contributed by atoms with Crippen LogP contribution in [0.3, 0.4) is 0 Å². The molecule has 0 aromatic carbocycles. The molecule has 0 bridgehead atoms. The third kappa shape index (κ3) is 2.80. The summed E-state index contributed by atoms with van der Waals surface area (Å²) >= 11 is 5.14. The number of rotatable bonds is 4. The van der Waals surface area contributed by atoms with Gasteiger partial charge in [0.15, 0.2) is 0 Å². The summed E-state index contributed by atoms with van der Waals surface area (Å²) in [5.74, 6) is 0. The van der Waals surface area contributed by atoms with Crippen LogP contribution in [0.2, 0.25) is 0 Å². The number of pyridine rings is 1. The van der Waals surface area contributed by atoms with Crippen molar-refractivity contribution in [1.29, 1.82) is 0 Å². The van der Waals surface area contributed by atoms with Gasteiger partial charge in [-0.3, -0.25) is 9.67 Å². The molecule has 106 valence electrons. The maximum absolute atomic E-state index is 5.83. The van der Waals surface area contributed by atoms with Gasteiger partial charge in [-0.1, -0.05) is 19.1 Å². The molecule has 0 aliphatic carbocycles. The van der Waals surface area contributed by atoms with Gasteiger partial charge in [0, 0.05) is 24.6 Å². The molecular weight excluding hydrogens is 270 g/mol. The Morgan fingerprint density at radius 2 is 2.10 bits per heavy atom. The maximum Gasteiger partial charge on any atom is 0.107 e. The highest BCUT2D eigenvalue weighted by Gasteiger charge is 2.14. The average molecular weight is 289 g/mol. The predicted molar refractivity (Wildman–Crippen MR) is 85.5 cm³/mol. The Kier molecular flexibility index (Phi) is 4.04. The molecule has 0 fully saturated rings. The van der Waals surface area contributed by atoms with Crippen LogP contribution in [0.5, 0.6) is 0 Å². The summed E-state index contributed by atoms with van der Waals surface area (Å²) in [6, 6.07) is 1.95. The van der Waals surface area contributed by atoms with Gasteiger partial charge in [-0.15, -0.1) is 0 Å². The van der Waals surface area contributed by atoms with Gasteiger partial charge in [-0.2, -0.15) is 5.10 Å². The number of nitrogens with two attached hydrogens (primary N) is 1. The minimum Gasteiger partial charge on any atom is -0.389 e. The monoisotopic (exact) mass is 289 g/mol. The SMILES string of the molecule is CCc1nn(C)cc1Nc1cc(C)nc(C)c1C(N)=S. The van der Waals surface area contributed by atoms with E-state index in [4.69, 9.17) is 18.0 Å². The largest absolute Gasteiger partial charge is 0.389 e. The second-order valence-electron chi connectivity index (χ2n) is 4.78. The van der Waals surface area contributed by atoms with Crippen LogP contribution >= 0.6 is 12.2 Å². The second-order valence-corrected chi connectivity index (χ2v) is 5.22. The van der Waals surface area contributed by atoms with Gasteiger partial charge in [0.2, 0.25) is 0 Å². The quantitative estimate of drug-likeness (QED) is 0.846. The number of hydrogen-bond donors (Lipinski definition) is 2. The molecule has 0 amide bonds. The van der Waals surface area contributed by atoms with E-state index in [0.717, 1.165) is 40.4 Å². The first-order valence-corrected chi connectivity index (χ1v) is 6.90. The molecule has 0 atom stereocenters. The lowest BCUT2D eigenvalue weighted by molar-refractivity contribution is 0.746. The molecule has 0 saturated carbocycles. The van der Waals surface area contributed by atoms with Gasteiger partial charge in [0.25, 0.3) is 0 Å². The summed E-state index contributed by atoms with van der Waals surface area (Å²) in [4.78, 5) is 4.76. The Bertz CT molecular complexity index is 660. The summed E-state index contributed by atoms with van der Waals surface area (Å²) in [7, 11) is 1.90. The lowest BCUT2D eigenvalue weighted by Gasteiger charge is -2.14. The van der Waals surface area contributed by atoms with E-state index in [9.17, 15) is 0 Å². The van der Waals surface area contributed by atoms with E-state index >= 15 is 0 Å². The molecule has 20 heavy (non-hydrogen) atoms. The highest BCUT2D eigenvalue weighted by molar-refractivity contribution is 7.80. The molecule has 2 aromatic heterocycles. The van der Waals surface area contributed by atoms with Crippen LogP contribution < -0.4 is 11.1 Å². The summed E-state index contributed by atoms with van der Waals surface area (Å²) in [6.45, 7) is 5.94. The molecule has 3 N–H and O–H groups in total. The molecule has 6 heteroatoms. The lowest BCUT2D eigenvalue weighted by Crippen LogP contribution is -2.15. The number of aryl methyl sites for hydroxylation is 4. The minimum atomic E-state index is 0.347. The summed E-state index contributed by atoms with van der Waals surface area (Å²) < 4.78 is 1.79. The van der Waals surface area contributed by atoms with E-state index in [1.54, 1.807) is 4.68 Å².